The van der Waals surface area contributed by atoms with Gasteiger partial charge in [0.2, 0.25) is 0 Å². The third-order valence-corrected chi connectivity index (χ3v) is 3.17. The summed E-state index contributed by atoms with van der Waals surface area (Å²) in [6, 6.07) is 7.23. The van der Waals surface area contributed by atoms with Gasteiger partial charge >= 0.3 is 5.97 Å². The van der Waals surface area contributed by atoms with E-state index >= 15 is 0 Å². The summed E-state index contributed by atoms with van der Waals surface area (Å²) in [6.45, 7) is 0. The van der Waals surface area contributed by atoms with E-state index in [1.165, 1.54) is 0 Å². The second kappa shape index (κ2) is 5.06. The Morgan fingerprint density at radius 1 is 0.947 bits per heavy atom. The van der Waals surface area contributed by atoms with Crippen LogP contribution < -0.4 is 16.0 Å². The van der Waals surface area contributed by atoms with Crippen LogP contribution in [-0.4, -0.2) is 32.2 Å². The first-order valence-corrected chi connectivity index (χ1v) is 5.99. The number of fused-ring (bicyclic) bond motifs is 1. The summed E-state index contributed by atoms with van der Waals surface area (Å²) in [7, 11) is 5.45. The Balaban J connectivity index is 2.90. The zero-order valence-corrected chi connectivity index (χ0v) is 11.2. The lowest BCUT2D eigenvalue weighted by Gasteiger charge is -2.15. The summed E-state index contributed by atoms with van der Waals surface area (Å²) in [5.74, 6) is -0.935. The van der Waals surface area contributed by atoms with E-state index in [4.69, 9.17) is 0 Å². The molecule has 0 fully saturated rings. The van der Waals surface area contributed by atoms with Crippen LogP contribution in [0, 0.1) is 0 Å². The lowest BCUT2D eigenvalue weighted by Crippen LogP contribution is -2.02. The number of carboxylic acid groups (broad SMARTS) is 1. The first-order valence-electron chi connectivity index (χ1n) is 5.99. The highest BCUT2D eigenvalue weighted by molar-refractivity contribution is 6.11. The number of carbonyl (C=O) groups is 1. The highest BCUT2D eigenvalue weighted by atomic mass is 16.4. The minimum atomic E-state index is -0.935. The van der Waals surface area contributed by atoms with Gasteiger partial charge in [-0.3, -0.25) is 0 Å². The van der Waals surface area contributed by atoms with E-state index in [9.17, 15) is 9.90 Å². The van der Waals surface area contributed by atoms with Gasteiger partial charge in [0.15, 0.2) is 0 Å². The number of hydrogen-bond acceptors (Lipinski definition) is 4. The Bertz CT molecular complexity index is 638. The number of anilines is 3. The van der Waals surface area contributed by atoms with Gasteiger partial charge < -0.3 is 21.1 Å². The molecule has 0 bridgehead atoms. The number of rotatable bonds is 4. The van der Waals surface area contributed by atoms with Gasteiger partial charge in [-0.2, -0.15) is 0 Å². The molecular weight excluding hydrogens is 242 g/mol. The normalized spacial score (nSPS) is 10.3. The molecule has 19 heavy (non-hydrogen) atoms. The molecular formula is C14H17N3O2. The molecule has 5 nitrogen and oxygen atoms in total. The van der Waals surface area contributed by atoms with Crippen LogP contribution in [0.5, 0.6) is 0 Å². The highest BCUT2D eigenvalue weighted by Gasteiger charge is 2.13. The SMILES string of the molecule is CNc1ccc(NC)c2c(NC)cc(C(=O)O)cc12. The van der Waals surface area contributed by atoms with Crippen LogP contribution in [0.1, 0.15) is 10.4 Å². The number of carboxylic acids is 1. The van der Waals surface area contributed by atoms with E-state index in [1.54, 1.807) is 19.2 Å². The fraction of sp³-hybridized carbons (Fsp3) is 0.214. The van der Waals surface area contributed by atoms with Crippen molar-refractivity contribution in [2.24, 2.45) is 0 Å². The van der Waals surface area contributed by atoms with Gasteiger partial charge in [0.25, 0.3) is 0 Å². The summed E-state index contributed by atoms with van der Waals surface area (Å²) in [5, 5.41) is 20.3. The molecule has 0 aliphatic rings. The standard InChI is InChI=1S/C14H17N3O2/c1-15-10-4-5-11(16-2)13-9(10)6-8(14(18)19)7-12(13)17-3/h4-7,15-17H,1-3H3,(H,18,19). The van der Waals surface area contributed by atoms with Crippen LogP contribution in [0.15, 0.2) is 24.3 Å². The van der Waals surface area contributed by atoms with Gasteiger partial charge in [0, 0.05) is 49.0 Å². The zero-order valence-electron chi connectivity index (χ0n) is 11.2. The molecule has 0 amide bonds. The topological polar surface area (TPSA) is 73.4 Å². The summed E-state index contributed by atoms with van der Waals surface area (Å²) in [6.07, 6.45) is 0. The molecule has 0 heterocycles. The summed E-state index contributed by atoms with van der Waals surface area (Å²) >= 11 is 0. The number of benzene rings is 2. The van der Waals surface area contributed by atoms with Crippen LogP contribution in [-0.2, 0) is 0 Å². The molecule has 0 aromatic heterocycles. The molecule has 2 rings (SSSR count). The van der Waals surface area contributed by atoms with Crippen molar-refractivity contribution >= 4 is 33.8 Å². The monoisotopic (exact) mass is 259 g/mol. The van der Waals surface area contributed by atoms with E-state index in [0.29, 0.717) is 0 Å². The molecule has 0 unspecified atom stereocenters. The van der Waals surface area contributed by atoms with Crippen molar-refractivity contribution in [3.8, 4) is 0 Å². The molecule has 0 saturated heterocycles. The number of nitrogens with one attached hydrogen (secondary N) is 3. The van der Waals surface area contributed by atoms with E-state index in [2.05, 4.69) is 16.0 Å². The maximum Gasteiger partial charge on any atom is 0.335 e. The lowest BCUT2D eigenvalue weighted by molar-refractivity contribution is 0.0697. The summed E-state index contributed by atoms with van der Waals surface area (Å²) in [5.41, 5.74) is 2.90. The Morgan fingerprint density at radius 2 is 1.53 bits per heavy atom. The third kappa shape index (κ3) is 2.14. The average molecular weight is 259 g/mol. The van der Waals surface area contributed by atoms with Crippen molar-refractivity contribution in [1.29, 1.82) is 0 Å². The molecule has 0 spiro atoms. The fourth-order valence-electron chi connectivity index (χ4n) is 2.23. The van der Waals surface area contributed by atoms with Crippen LogP contribution >= 0.6 is 0 Å². The molecule has 4 N–H and O–H groups in total. The van der Waals surface area contributed by atoms with Crippen LogP contribution in [0.4, 0.5) is 17.1 Å². The van der Waals surface area contributed by atoms with Gasteiger partial charge in [-0.1, -0.05) is 0 Å². The van der Waals surface area contributed by atoms with Gasteiger partial charge in [-0.05, 0) is 24.3 Å². The van der Waals surface area contributed by atoms with Crippen LogP contribution in [0.3, 0.4) is 0 Å². The lowest BCUT2D eigenvalue weighted by atomic mass is 10.0. The molecule has 0 radical (unpaired) electrons. The number of aromatic carboxylic acids is 1. The predicted molar refractivity (Wildman–Crippen MR) is 79.5 cm³/mol. The highest BCUT2D eigenvalue weighted by Crippen LogP contribution is 2.36. The Kier molecular flexibility index (Phi) is 3.46. The summed E-state index contributed by atoms with van der Waals surface area (Å²) < 4.78 is 0. The second-order valence-corrected chi connectivity index (χ2v) is 4.16. The van der Waals surface area contributed by atoms with Gasteiger partial charge in [0.05, 0.1) is 5.56 Å². The molecule has 0 atom stereocenters. The van der Waals surface area contributed by atoms with E-state index < -0.39 is 5.97 Å². The van der Waals surface area contributed by atoms with Crippen molar-refractivity contribution in [3.05, 3.63) is 29.8 Å². The van der Waals surface area contributed by atoms with Crippen LogP contribution in [0.2, 0.25) is 0 Å². The van der Waals surface area contributed by atoms with Gasteiger partial charge in [0.1, 0.15) is 0 Å². The maximum absolute atomic E-state index is 11.2. The average Bonchev–Trinajstić information content (AvgIpc) is 2.44. The van der Waals surface area contributed by atoms with Crippen molar-refractivity contribution < 1.29 is 9.90 Å². The Hall–Kier alpha value is -2.43. The van der Waals surface area contributed by atoms with Crippen molar-refractivity contribution in [2.45, 2.75) is 0 Å². The maximum atomic E-state index is 11.2. The van der Waals surface area contributed by atoms with Crippen molar-refractivity contribution in [3.63, 3.8) is 0 Å². The first kappa shape index (κ1) is 13.0. The molecule has 0 aliphatic heterocycles. The molecule has 0 saturated carbocycles. The van der Waals surface area contributed by atoms with Crippen LogP contribution in [0.25, 0.3) is 10.8 Å². The van der Waals surface area contributed by atoms with Gasteiger partial charge in [-0.15, -0.1) is 0 Å². The molecule has 0 aliphatic carbocycles. The molecule has 2 aromatic rings. The third-order valence-electron chi connectivity index (χ3n) is 3.17. The molecule has 100 valence electrons. The Labute approximate surface area is 111 Å². The smallest absolute Gasteiger partial charge is 0.335 e. The van der Waals surface area contributed by atoms with Crippen molar-refractivity contribution in [1.82, 2.24) is 0 Å². The predicted octanol–water partition coefficient (Wildman–Crippen LogP) is 2.66. The Morgan fingerprint density at radius 3 is 2.05 bits per heavy atom. The number of hydrogen-bond donors (Lipinski definition) is 4. The fourth-order valence-corrected chi connectivity index (χ4v) is 2.23. The molecule has 5 heteroatoms. The first-order chi connectivity index (χ1) is 9.12. The largest absolute Gasteiger partial charge is 0.478 e. The van der Waals surface area contributed by atoms with E-state index in [0.717, 1.165) is 27.8 Å². The molecule has 2 aromatic carbocycles. The van der Waals surface area contributed by atoms with Crippen molar-refractivity contribution in [2.75, 3.05) is 37.1 Å². The minimum Gasteiger partial charge on any atom is -0.478 e. The van der Waals surface area contributed by atoms with E-state index in [1.807, 2.05) is 26.2 Å². The quantitative estimate of drug-likeness (QED) is 0.679. The van der Waals surface area contributed by atoms with E-state index in [-0.39, 0.29) is 5.56 Å². The second-order valence-electron chi connectivity index (χ2n) is 4.16. The van der Waals surface area contributed by atoms with Gasteiger partial charge in [-0.25, -0.2) is 4.79 Å². The minimum absolute atomic E-state index is 0.265. The zero-order chi connectivity index (χ0) is 14.0. The summed E-state index contributed by atoms with van der Waals surface area (Å²) in [4.78, 5) is 11.2.